The molecule has 1 atom stereocenters. The molecule has 0 spiro atoms. The average Bonchev–Trinajstić information content (AvgIpc) is 2.38. The zero-order valence-corrected chi connectivity index (χ0v) is 14.8. The van der Waals surface area contributed by atoms with Crippen molar-refractivity contribution < 1.29 is 9.47 Å². The summed E-state index contributed by atoms with van der Waals surface area (Å²) in [6.45, 7) is 15.5. The van der Waals surface area contributed by atoms with Gasteiger partial charge in [0.25, 0.3) is 0 Å². The first-order valence-electron chi connectivity index (χ1n) is 8.52. The number of likely N-dealkylation sites (N-methyl/N-ethyl adjacent to an activating group) is 1. The van der Waals surface area contributed by atoms with Gasteiger partial charge in [-0.05, 0) is 46.2 Å². The zero-order chi connectivity index (χ0) is 15.7. The first kappa shape index (κ1) is 18.9. The van der Waals surface area contributed by atoms with E-state index < -0.39 is 0 Å². The SMILES string of the molecule is CC(C)CNCC1(CN(C)CCOC(C)C)CCCOC1. The van der Waals surface area contributed by atoms with E-state index in [1.54, 1.807) is 0 Å². The predicted octanol–water partition coefficient (Wildman–Crippen LogP) is 2.39. The normalized spacial score (nSPS) is 23.4. The van der Waals surface area contributed by atoms with Crippen LogP contribution < -0.4 is 5.32 Å². The van der Waals surface area contributed by atoms with Crippen LogP contribution in [0.5, 0.6) is 0 Å². The minimum atomic E-state index is 0.264. The number of hydrogen-bond acceptors (Lipinski definition) is 4. The summed E-state index contributed by atoms with van der Waals surface area (Å²) in [4.78, 5) is 2.40. The molecule has 0 amide bonds. The highest BCUT2D eigenvalue weighted by Gasteiger charge is 2.33. The maximum atomic E-state index is 5.79. The minimum absolute atomic E-state index is 0.264. The van der Waals surface area contributed by atoms with Crippen molar-refractivity contribution in [3.05, 3.63) is 0 Å². The van der Waals surface area contributed by atoms with E-state index in [4.69, 9.17) is 9.47 Å². The molecule has 4 nitrogen and oxygen atoms in total. The highest BCUT2D eigenvalue weighted by molar-refractivity contribution is 4.87. The molecule has 1 unspecified atom stereocenters. The third kappa shape index (κ3) is 8.15. The van der Waals surface area contributed by atoms with Crippen LogP contribution in [0.4, 0.5) is 0 Å². The number of hydrogen-bond donors (Lipinski definition) is 1. The highest BCUT2D eigenvalue weighted by Crippen LogP contribution is 2.29. The molecule has 1 saturated heterocycles. The third-order valence-corrected chi connectivity index (χ3v) is 3.99. The molecule has 0 aromatic carbocycles. The zero-order valence-electron chi connectivity index (χ0n) is 14.8. The molecule has 0 saturated carbocycles. The molecule has 0 aromatic rings. The molecule has 1 N–H and O–H groups in total. The first-order chi connectivity index (χ1) is 9.93. The van der Waals surface area contributed by atoms with Crippen LogP contribution in [0.2, 0.25) is 0 Å². The Morgan fingerprint density at radius 1 is 1.29 bits per heavy atom. The lowest BCUT2D eigenvalue weighted by Gasteiger charge is -2.40. The van der Waals surface area contributed by atoms with Gasteiger partial charge < -0.3 is 19.7 Å². The largest absolute Gasteiger partial charge is 0.381 e. The third-order valence-electron chi connectivity index (χ3n) is 3.99. The molecule has 0 bridgehead atoms. The van der Waals surface area contributed by atoms with Crippen molar-refractivity contribution in [1.29, 1.82) is 0 Å². The molecular weight excluding hydrogens is 264 g/mol. The highest BCUT2D eigenvalue weighted by atomic mass is 16.5. The molecule has 1 fully saturated rings. The fourth-order valence-electron chi connectivity index (χ4n) is 2.95. The molecule has 0 aliphatic carbocycles. The molecule has 1 rings (SSSR count). The van der Waals surface area contributed by atoms with E-state index in [9.17, 15) is 0 Å². The van der Waals surface area contributed by atoms with Gasteiger partial charge in [0.2, 0.25) is 0 Å². The monoisotopic (exact) mass is 300 g/mol. The van der Waals surface area contributed by atoms with Gasteiger partial charge in [-0.3, -0.25) is 0 Å². The fourth-order valence-corrected chi connectivity index (χ4v) is 2.95. The fraction of sp³-hybridized carbons (Fsp3) is 1.00. The first-order valence-corrected chi connectivity index (χ1v) is 8.52. The molecule has 0 aromatic heterocycles. The summed E-state index contributed by atoms with van der Waals surface area (Å²) in [5, 5.41) is 3.64. The molecule has 1 aliphatic rings. The Hall–Kier alpha value is -0.160. The summed E-state index contributed by atoms with van der Waals surface area (Å²) in [6.07, 6.45) is 2.76. The predicted molar refractivity (Wildman–Crippen MR) is 88.8 cm³/mol. The van der Waals surface area contributed by atoms with Gasteiger partial charge in [0.05, 0.1) is 19.3 Å². The maximum absolute atomic E-state index is 5.79. The average molecular weight is 300 g/mol. The van der Waals surface area contributed by atoms with Crippen molar-refractivity contribution >= 4 is 0 Å². The molecule has 126 valence electrons. The van der Waals surface area contributed by atoms with Crippen molar-refractivity contribution in [3.8, 4) is 0 Å². The van der Waals surface area contributed by atoms with Crippen LogP contribution in [-0.2, 0) is 9.47 Å². The van der Waals surface area contributed by atoms with E-state index in [2.05, 4.69) is 45.0 Å². The van der Waals surface area contributed by atoms with Gasteiger partial charge in [-0.25, -0.2) is 0 Å². The van der Waals surface area contributed by atoms with Gasteiger partial charge in [0.15, 0.2) is 0 Å². The van der Waals surface area contributed by atoms with E-state index in [-0.39, 0.29) is 5.41 Å². The van der Waals surface area contributed by atoms with Crippen molar-refractivity contribution in [2.45, 2.75) is 46.6 Å². The van der Waals surface area contributed by atoms with Crippen molar-refractivity contribution in [3.63, 3.8) is 0 Å². The Balaban J connectivity index is 2.40. The van der Waals surface area contributed by atoms with Crippen molar-refractivity contribution in [2.24, 2.45) is 11.3 Å². The second-order valence-corrected chi connectivity index (χ2v) is 7.34. The van der Waals surface area contributed by atoms with Gasteiger partial charge in [-0.1, -0.05) is 13.8 Å². The molecule has 1 aliphatic heterocycles. The summed E-state index contributed by atoms with van der Waals surface area (Å²) in [7, 11) is 2.20. The minimum Gasteiger partial charge on any atom is -0.381 e. The maximum Gasteiger partial charge on any atom is 0.0596 e. The van der Waals surface area contributed by atoms with E-state index in [0.29, 0.717) is 12.0 Å². The lowest BCUT2D eigenvalue weighted by atomic mass is 9.81. The van der Waals surface area contributed by atoms with Crippen molar-refractivity contribution in [2.75, 3.05) is 53.0 Å². The molecular formula is C17H36N2O2. The number of nitrogens with one attached hydrogen (secondary N) is 1. The molecule has 1 heterocycles. The Kier molecular flexibility index (Phi) is 8.79. The van der Waals surface area contributed by atoms with Crippen LogP contribution in [0.1, 0.15) is 40.5 Å². The summed E-state index contributed by atoms with van der Waals surface area (Å²) < 4.78 is 11.4. The Bertz CT molecular complexity index is 264. The molecule has 21 heavy (non-hydrogen) atoms. The van der Waals surface area contributed by atoms with E-state index in [1.807, 2.05) is 0 Å². The van der Waals surface area contributed by atoms with Crippen LogP contribution in [0, 0.1) is 11.3 Å². The standard InChI is InChI=1S/C17H36N2O2/c1-15(2)11-18-12-17(7-6-9-20-14-17)13-19(5)8-10-21-16(3)4/h15-16,18H,6-14H2,1-5H3. The Labute approximate surface area is 131 Å². The summed E-state index contributed by atoms with van der Waals surface area (Å²) in [5.41, 5.74) is 0.264. The Morgan fingerprint density at radius 3 is 2.62 bits per heavy atom. The lowest BCUT2D eigenvalue weighted by molar-refractivity contribution is -0.0277. The summed E-state index contributed by atoms with van der Waals surface area (Å²) >= 11 is 0. The van der Waals surface area contributed by atoms with E-state index in [0.717, 1.165) is 46.0 Å². The van der Waals surface area contributed by atoms with Gasteiger partial charge in [0.1, 0.15) is 0 Å². The summed E-state index contributed by atoms with van der Waals surface area (Å²) in [5.74, 6) is 0.698. The second kappa shape index (κ2) is 9.78. The second-order valence-electron chi connectivity index (χ2n) is 7.34. The van der Waals surface area contributed by atoms with Crippen LogP contribution in [0.3, 0.4) is 0 Å². The Morgan fingerprint density at radius 2 is 2.05 bits per heavy atom. The summed E-state index contributed by atoms with van der Waals surface area (Å²) in [6, 6.07) is 0. The van der Waals surface area contributed by atoms with Crippen molar-refractivity contribution in [1.82, 2.24) is 10.2 Å². The van der Waals surface area contributed by atoms with Crippen LogP contribution in [-0.4, -0.2) is 64.1 Å². The van der Waals surface area contributed by atoms with Crippen LogP contribution in [0.25, 0.3) is 0 Å². The lowest BCUT2D eigenvalue weighted by Crippen LogP contribution is -2.49. The van der Waals surface area contributed by atoms with E-state index >= 15 is 0 Å². The molecule has 0 radical (unpaired) electrons. The molecule has 4 heteroatoms. The van der Waals surface area contributed by atoms with Gasteiger partial charge >= 0.3 is 0 Å². The number of ether oxygens (including phenoxy) is 2. The number of rotatable bonds is 10. The smallest absolute Gasteiger partial charge is 0.0596 e. The van der Waals surface area contributed by atoms with Crippen LogP contribution in [0.15, 0.2) is 0 Å². The van der Waals surface area contributed by atoms with Gasteiger partial charge in [-0.2, -0.15) is 0 Å². The number of nitrogens with zero attached hydrogens (tertiary/aromatic N) is 1. The quantitative estimate of drug-likeness (QED) is 0.672. The topological polar surface area (TPSA) is 33.7 Å². The van der Waals surface area contributed by atoms with Crippen LogP contribution >= 0.6 is 0 Å². The van der Waals surface area contributed by atoms with Gasteiger partial charge in [0, 0.05) is 31.7 Å². The van der Waals surface area contributed by atoms with Gasteiger partial charge in [-0.15, -0.1) is 0 Å². The van der Waals surface area contributed by atoms with E-state index in [1.165, 1.54) is 12.8 Å².